The second-order valence-electron chi connectivity index (χ2n) is 4.17. The van der Waals surface area contributed by atoms with Crippen LogP contribution in [0.3, 0.4) is 0 Å². The summed E-state index contributed by atoms with van der Waals surface area (Å²) in [5.74, 6) is 0.148. The molecular weight excluding hydrogens is 316 g/mol. The second-order valence-corrected chi connectivity index (χ2v) is 6.96. The van der Waals surface area contributed by atoms with E-state index in [1.54, 1.807) is 0 Å². The molecule has 1 aromatic carbocycles. The van der Waals surface area contributed by atoms with Gasteiger partial charge in [-0.2, -0.15) is 0 Å². The summed E-state index contributed by atoms with van der Waals surface area (Å²) in [5.41, 5.74) is 0.954. The molecule has 0 aliphatic rings. The van der Waals surface area contributed by atoms with Gasteiger partial charge in [-0.1, -0.05) is 28.1 Å². The van der Waals surface area contributed by atoms with E-state index in [1.165, 1.54) is 0 Å². The quantitative estimate of drug-likeness (QED) is 0.750. The molecule has 4 nitrogen and oxygen atoms in total. The van der Waals surface area contributed by atoms with Crippen LogP contribution in [0, 0.1) is 0 Å². The van der Waals surface area contributed by atoms with Crippen LogP contribution in [0.1, 0.15) is 24.9 Å². The molecular formula is C12H19BrN2O2S. The van der Waals surface area contributed by atoms with Gasteiger partial charge in [-0.3, -0.25) is 0 Å². The van der Waals surface area contributed by atoms with E-state index in [1.807, 2.05) is 38.2 Å². The minimum atomic E-state index is -3.21. The third kappa shape index (κ3) is 5.48. The predicted octanol–water partition coefficient (Wildman–Crippen LogP) is 2.04. The molecule has 6 heteroatoms. The normalized spacial score (nSPS) is 13.5. The summed E-state index contributed by atoms with van der Waals surface area (Å²) in [6, 6.07) is 7.41. The van der Waals surface area contributed by atoms with E-state index < -0.39 is 10.0 Å². The van der Waals surface area contributed by atoms with Crippen molar-refractivity contribution < 1.29 is 8.42 Å². The Hall–Kier alpha value is -0.430. The topological polar surface area (TPSA) is 58.2 Å². The molecule has 0 aliphatic carbocycles. The molecule has 0 fully saturated rings. The molecule has 1 rings (SSSR count). The molecule has 0 aliphatic heterocycles. The summed E-state index contributed by atoms with van der Waals surface area (Å²) in [6.07, 6.45) is 0.610. The number of hydrogen-bond donors (Lipinski definition) is 2. The van der Waals surface area contributed by atoms with E-state index in [-0.39, 0.29) is 11.8 Å². The lowest BCUT2D eigenvalue weighted by molar-refractivity contribution is 0.563. The smallest absolute Gasteiger partial charge is 0.212 e. The van der Waals surface area contributed by atoms with Gasteiger partial charge in [-0.05, 0) is 44.6 Å². The van der Waals surface area contributed by atoms with E-state index in [2.05, 4.69) is 26.0 Å². The van der Waals surface area contributed by atoms with Gasteiger partial charge in [-0.25, -0.2) is 13.1 Å². The summed E-state index contributed by atoms with van der Waals surface area (Å²) in [5, 5.41) is 2.93. The minimum absolute atomic E-state index is 0.148. The number of nitrogens with one attached hydrogen (secondary N) is 2. The van der Waals surface area contributed by atoms with Gasteiger partial charge in [0.05, 0.1) is 5.75 Å². The van der Waals surface area contributed by atoms with Crippen molar-refractivity contribution in [1.82, 2.24) is 10.0 Å². The highest BCUT2D eigenvalue weighted by molar-refractivity contribution is 9.10. The van der Waals surface area contributed by atoms with E-state index in [4.69, 9.17) is 0 Å². The highest BCUT2D eigenvalue weighted by atomic mass is 79.9. The molecule has 0 amide bonds. The highest BCUT2D eigenvalue weighted by Gasteiger charge is 2.15. The molecule has 1 aromatic rings. The Balaban J connectivity index is 2.58. The summed E-state index contributed by atoms with van der Waals surface area (Å²) in [6.45, 7) is 2.55. The van der Waals surface area contributed by atoms with Crippen LogP contribution in [0.15, 0.2) is 28.7 Å². The third-order valence-electron chi connectivity index (χ3n) is 2.57. The summed E-state index contributed by atoms with van der Waals surface area (Å²) >= 11 is 3.35. The van der Waals surface area contributed by atoms with Crippen LogP contribution >= 0.6 is 15.9 Å². The molecule has 0 saturated carbocycles. The Morgan fingerprint density at radius 1 is 1.28 bits per heavy atom. The zero-order valence-electron chi connectivity index (χ0n) is 10.6. The molecule has 0 bridgehead atoms. The van der Waals surface area contributed by atoms with Crippen molar-refractivity contribution in [3.63, 3.8) is 0 Å². The Morgan fingerprint density at radius 3 is 2.44 bits per heavy atom. The van der Waals surface area contributed by atoms with Crippen LogP contribution < -0.4 is 10.0 Å². The number of sulfonamides is 1. The van der Waals surface area contributed by atoms with E-state index in [0.29, 0.717) is 13.0 Å². The van der Waals surface area contributed by atoms with E-state index in [0.717, 1.165) is 10.0 Å². The SMILES string of the molecule is CNCCCS(=O)(=O)NC(C)c1ccc(Br)cc1. The van der Waals surface area contributed by atoms with Crippen LogP contribution in [0.4, 0.5) is 0 Å². The Morgan fingerprint density at radius 2 is 1.89 bits per heavy atom. The van der Waals surface area contributed by atoms with Gasteiger partial charge < -0.3 is 5.32 Å². The van der Waals surface area contributed by atoms with E-state index in [9.17, 15) is 8.42 Å². The molecule has 2 N–H and O–H groups in total. The fraction of sp³-hybridized carbons (Fsp3) is 0.500. The zero-order valence-corrected chi connectivity index (χ0v) is 13.0. The average molecular weight is 335 g/mol. The van der Waals surface area contributed by atoms with Crippen molar-refractivity contribution >= 4 is 26.0 Å². The summed E-state index contributed by atoms with van der Waals surface area (Å²) < 4.78 is 27.3. The third-order valence-corrected chi connectivity index (χ3v) is 4.63. The van der Waals surface area contributed by atoms with Crippen LogP contribution in [0.25, 0.3) is 0 Å². The number of hydrogen-bond acceptors (Lipinski definition) is 3. The second kappa shape index (κ2) is 7.23. The monoisotopic (exact) mass is 334 g/mol. The van der Waals surface area contributed by atoms with Crippen molar-refractivity contribution in [3.05, 3.63) is 34.3 Å². The fourth-order valence-corrected chi connectivity index (χ4v) is 3.17. The fourth-order valence-electron chi connectivity index (χ4n) is 1.59. The molecule has 18 heavy (non-hydrogen) atoms. The average Bonchev–Trinajstić information content (AvgIpc) is 2.29. The van der Waals surface area contributed by atoms with Crippen molar-refractivity contribution in [3.8, 4) is 0 Å². The van der Waals surface area contributed by atoms with Crippen molar-refractivity contribution in [2.75, 3.05) is 19.3 Å². The van der Waals surface area contributed by atoms with Crippen molar-refractivity contribution in [2.24, 2.45) is 0 Å². The van der Waals surface area contributed by atoms with Crippen molar-refractivity contribution in [2.45, 2.75) is 19.4 Å². The largest absolute Gasteiger partial charge is 0.320 e. The van der Waals surface area contributed by atoms with E-state index >= 15 is 0 Å². The standard InChI is InChI=1S/C12H19BrN2O2S/c1-10(11-4-6-12(13)7-5-11)15-18(16,17)9-3-8-14-2/h4-7,10,14-15H,3,8-9H2,1-2H3. The van der Waals surface area contributed by atoms with Crippen LogP contribution in [0.5, 0.6) is 0 Å². The Kier molecular flexibility index (Phi) is 6.28. The maximum atomic E-state index is 11.8. The first kappa shape index (κ1) is 15.6. The molecule has 1 unspecified atom stereocenters. The van der Waals surface area contributed by atoms with Gasteiger partial charge in [0.1, 0.15) is 0 Å². The lowest BCUT2D eigenvalue weighted by Gasteiger charge is -2.14. The Labute approximate surface area is 117 Å². The van der Waals surface area contributed by atoms with Gasteiger partial charge in [0.2, 0.25) is 10.0 Å². The van der Waals surface area contributed by atoms with Gasteiger partial charge in [0, 0.05) is 10.5 Å². The maximum absolute atomic E-state index is 11.8. The van der Waals surface area contributed by atoms with Gasteiger partial charge >= 0.3 is 0 Å². The molecule has 1 atom stereocenters. The number of halogens is 1. The van der Waals surface area contributed by atoms with Crippen molar-refractivity contribution in [1.29, 1.82) is 0 Å². The number of rotatable bonds is 7. The minimum Gasteiger partial charge on any atom is -0.320 e. The lowest BCUT2D eigenvalue weighted by Crippen LogP contribution is -2.30. The molecule has 0 radical (unpaired) electrons. The first-order chi connectivity index (χ1) is 8.44. The van der Waals surface area contributed by atoms with Crippen LogP contribution in [-0.4, -0.2) is 27.8 Å². The number of benzene rings is 1. The first-order valence-electron chi connectivity index (χ1n) is 5.84. The lowest BCUT2D eigenvalue weighted by atomic mass is 10.1. The van der Waals surface area contributed by atoms with Crippen LogP contribution in [0.2, 0.25) is 0 Å². The first-order valence-corrected chi connectivity index (χ1v) is 8.29. The zero-order chi connectivity index (χ0) is 13.6. The Bertz CT molecular complexity index is 459. The molecule has 102 valence electrons. The predicted molar refractivity (Wildman–Crippen MR) is 78.0 cm³/mol. The molecule has 0 heterocycles. The van der Waals surface area contributed by atoms with Gasteiger partial charge in [0.25, 0.3) is 0 Å². The summed E-state index contributed by atoms with van der Waals surface area (Å²) in [7, 11) is -1.40. The van der Waals surface area contributed by atoms with Gasteiger partial charge in [-0.15, -0.1) is 0 Å². The van der Waals surface area contributed by atoms with Crippen LogP contribution in [-0.2, 0) is 10.0 Å². The summed E-state index contributed by atoms with van der Waals surface area (Å²) in [4.78, 5) is 0. The molecule has 0 saturated heterocycles. The molecule has 0 aromatic heterocycles. The maximum Gasteiger partial charge on any atom is 0.212 e. The molecule has 0 spiro atoms. The van der Waals surface area contributed by atoms with Gasteiger partial charge in [0.15, 0.2) is 0 Å². The highest BCUT2D eigenvalue weighted by Crippen LogP contribution is 2.17.